The second kappa shape index (κ2) is 8.45. The van der Waals surface area contributed by atoms with Gasteiger partial charge in [-0.1, -0.05) is 6.92 Å². The standard InChI is InChI=1S/C16H22O9/c1-2-5-23-15(22)9-6-8(3-4-10(9)18)24-16-14(21)13(20)12(19)11(7-17)25-16/h3-4,6,11-14,16-21H,2,5,7H2,1H3/t11-,12-,13+,14-,16-/m1/s1. The van der Waals surface area contributed by atoms with Gasteiger partial charge in [0.05, 0.1) is 13.2 Å². The molecule has 5 atom stereocenters. The number of carbonyl (C=O) groups is 1. The van der Waals surface area contributed by atoms with Crippen LogP contribution in [0.4, 0.5) is 0 Å². The quantitative estimate of drug-likeness (QED) is 0.410. The Hall–Kier alpha value is -1.91. The molecule has 1 saturated heterocycles. The molecule has 0 unspecified atom stereocenters. The van der Waals surface area contributed by atoms with Crippen molar-refractivity contribution < 1.29 is 44.5 Å². The van der Waals surface area contributed by atoms with Crippen LogP contribution in [0.25, 0.3) is 0 Å². The van der Waals surface area contributed by atoms with Gasteiger partial charge in [0.1, 0.15) is 41.5 Å². The lowest BCUT2D eigenvalue weighted by Crippen LogP contribution is -2.60. The number of benzene rings is 1. The maximum Gasteiger partial charge on any atom is 0.342 e. The molecule has 0 saturated carbocycles. The number of phenols is 1. The molecule has 0 bridgehead atoms. The number of hydrogen-bond acceptors (Lipinski definition) is 9. The molecule has 9 heteroatoms. The molecule has 140 valence electrons. The van der Waals surface area contributed by atoms with Gasteiger partial charge >= 0.3 is 5.97 Å². The lowest BCUT2D eigenvalue weighted by molar-refractivity contribution is -0.277. The van der Waals surface area contributed by atoms with Crippen molar-refractivity contribution in [3.05, 3.63) is 23.8 Å². The third-order valence-corrected chi connectivity index (χ3v) is 3.73. The van der Waals surface area contributed by atoms with Crippen LogP contribution in [-0.4, -0.2) is 75.4 Å². The number of ether oxygens (including phenoxy) is 3. The molecular formula is C16H22O9. The fourth-order valence-electron chi connectivity index (χ4n) is 2.32. The minimum atomic E-state index is -1.58. The highest BCUT2D eigenvalue weighted by molar-refractivity contribution is 5.92. The highest BCUT2D eigenvalue weighted by Crippen LogP contribution is 2.28. The zero-order chi connectivity index (χ0) is 18.6. The maximum atomic E-state index is 11.9. The Kier molecular flexibility index (Phi) is 6.57. The summed E-state index contributed by atoms with van der Waals surface area (Å²) >= 11 is 0. The van der Waals surface area contributed by atoms with E-state index in [9.17, 15) is 25.2 Å². The van der Waals surface area contributed by atoms with Gasteiger partial charge in [0, 0.05) is 0 Å². The zero-order valence-corrected chi connectivity index (χ0v) is 13.6. The van der Waals surface area contributed by atoms with Gasteiger partial charge in [-0.05, 0) is 24.6 Å². The van der Waals surface area contributed by atoms with Crippen molar-refractivity contribution in [1.29, 1.82) is 0 Å². The molecule has 0 spiro atoms. The number of rotatable bonds is 6. The molecule has 1 aliphatic rings. The first-order valence-corrected chi connectivity index (χ1v) is 7.86. The van der Waals surface area contributed by atoms with Crippen LogP contribution in [0.2, 0.25) is 0 Å². The predicted molar refractivity (Wildman–Crippen MR) is 83.1 cm³/mol. The lowest BCUT2D eigenvalue weighted by atomic mass is 9.99. The Morgan fingerprint density at radius 2 is 1.92 bits per heavy atom. The van der Waals surface area contributed by atoms with Crippen molar-refractivity contribution >= 4 is 5.97 Å². The van der Waals surface area contributed by atoms with Crippen LogP contribution >= 0.6 is 0 Å². The van der Waals surface area contributed by atoms with Crippen LogP contribution in [-0.2, 0) is 9.47 Å². The number of carbonyl (C=O) groups excluding carboxylic acids is 1. The van der Waals surface area contributed by atoms with Crippen LogP contribution < -0.4 is 4.74 Å². The van der Waals surface area contributed by atoms with E-state index in [1.54, 1.807) is 0 Å². The number of aromatic hydroxyl groups is 1. The van der Waals surface area contributed by atoms with Gasteiger partial charge in [-0.2, -0.15) is 0 Å². The summed E-state index contributed by atoms with van der Waals surface area (Å²) < 4.78 is 15.6. The van der Waals surface area contributed by atoms with Crippen molar-refractivity contribution in [2.75, 3.05) is 13.2 Å². The highest BCUT2D eigenvalue weighted by Gasteiger charge is 2.44. The second-order valence-electron chi connectivity index (χ2n) is 5.63. The monoisotopic (exact) mass is 358 g/mol. The SMILES string of the molecule is CCCOC(=O)c1cc(O[C@@H]2O[C@H](CO)[C@@H](O)[C@H](O)[C@H]2O)ccc1O. The number of phenolic OH excluding ortho intramolecular Hbond substituents is 1. The third kappa shape index (κ3) is 4.39. The van der Waals surface area contributed by atoms with Crippen molar-refractivity contribution in [3.63, 3.8) is 0 Å². The van der Waals surface area contributed by atoms with E-state index in [1.165, 1.54) is 18.2 Å². The summed E-state index contributed by atoms with van der Waals surface area (Å²) in [6, 6.07) is 3.74. The van der Waals surface area contributed by atoms with Gasteiger partial charge in [0.15, 0.2) is 0 Å². The van der Waals surface area contributed by atoms with Crippen LogP contribution in [0.3, 0.4) is 0 Å². The Labute approximate surface area is 144 Å². The highest BCUT2D eigenvalue weighted by atomic mass is 16.7. The lowest BCUT2D eigenvalue weighted by Gasteiger charge is -2.39. The van der Waals surface area contributed by atoms with Gasteiger partial charge in [0.2, 0.25) is 6.29 Å². The number of hydrogen-bond donors (Lipinski definition) is 5. The van der Waals surface area contributed by atoms with E-state index in [1.807, 2.05) is 6.92 Å². The molecule has 1 aromatic rings. The van der Waals surface area contributed by atoms with Crippen molar-refractivity contribution in [3.8, 4) is 11.5 Å². The summed E-state index contributed by atoms with van der Waals surface area (Å²) in [5.74, 6) is -0.980. The van der Waals surface area contributed by atoms with Crippen molar-refractivity contribution in [2.24, 2.45) is 0 Å². The van der Waals surface area contributed by atoms with E-state index in [0.29, 0.717) is 6.42 Å². The van der Waals surface area contributed by atoms with Gasteiger partial charge in [-0.3, -0.25) is 0 Å². The fraction of sp³-hybridized carbons (Fsp3) is 0.562. The summed E-state index contributed by atoms with van der Waals surface area (Å²) in [4.78, 5) is 11.9. The van der Waals surface area contributed by atoms with Gasteiger partial charge in [0.25, 0.3) is 0 Å². The normalized spacial score (nSPS) is 29.2. The van der Waals surface area contributed by atoms with Crippen LogP contribution in [0.1, 0.15) is 23.7 Å². The summed E-state index contributed by atoms with van der Waals surface area (Å²) in [6.45, 7) is 1.43. The molecule has 0 amide bonds. The summed E-state index contributed by atoms with van der Waals surface area (Å²) in [7, 11) is 0. The summed E-state index contributed by atoms with van der Waals surface area (Å²) in [6.07, 6.45) is -6.55. The maximum absolute atomic E-state index is 11.9. The summed E-state index contributed by atoms with van der Waals surface area (Å²) in [5, 5.41) is 48.4. The van der Waals surface area contributed by atoms with Gasteiger partial charge in [-0.25, -0.2) is 4.79 Å². The van der Waals surface area contributed by atoms with Crippen LogP contribution in [0.5, 0.6) is 11.5 Å². The second-order valence-corrected chi connectivity index (χ2v) is 5.63. The van der Waals surface area contributed by atoms with E-state index >= 15 is 0 Å². The molecule has 1 aliphatic heterocycles. The number of aliphatic hydroxyl groups excluding tert-OH is 4. The fourth-order valence-corrected chi connectivity index (χ4v) is 2.32. The minimum absolute atomic E-state index is 0.0607. The zero-order valence-electron chi connectivity index (χ0n) is 13.6. The van der Waals surface area contributed by atoms with E-state index in [2.05, 4.69) is 0 Å². The topological polar surface area (TPSA) is 146 Å². The molecular weight excluding hydrogens is 336 g/mol. The Morgan fingerprint density at radius 1 is 1.20 bits per heavy atom. The van der Waals surface area contributed by atoms with E-state index < -0.39 is 43.3 Å². The molecule has 2 rings (SSSR count). The van der Waals surface area contributed by atoms with Crippen molar-refractivity contribution in [2.45, 2.75) is 44.1 Å². The molecule has 1 fully saturated rings. The van der Waals surface area contributed by atoms with Crippen molar-refractivity contribution in [1.82, 2.24) is 0 Å². The molecule has 1 heterocycles. The number of esters is 1. The predicted octanol–water partition coefficient (Wildman–Crippen LogP) is -0.862. The Morgan fingerprint density at radius 3 is 2.56 bits per heavy atom. The van der Waals surface area contributed by atoms with Gasteiger partial charge < -0.3 is 39.7 Å². The minimum Gasteiger partial charge on any atom is -0.507 e. The molecule has 0 radical (unpaired) electrons. The average Bonchev–Trinajstić information content (AvgIpc) is 2.61. The molecule has 0 aromatic heterocycles. The molecule has 9 nitrogen and oxygen atoms in total. The summed E-state index contributed by atoms with van der Waals surface area (Å²) in [5.41, 5.74) is -0.129. The first-order chi connectivity index (χ1) is 11.9. The molecule has 25 heavy (non-hydrogen) atoms. The van der Waals surface area contributed by atoms with E-state index in [4.69, 9.17) is 19.3 Å². The van der Waals surface area contributed by atoms with Gasteiger partial charge in [-0.15, -0.1) is 0 Å². The molecule has 5 N–H and O–H groups in total. The average molecular weight is 358 g/mol. The third-order valence-electron chi connectivity index (χ3n) is 3.73. The largest absolute Gasteiger partial charge is 0.507 e. The first kappa shape index (κ1) is 19.4. The molecule has 1 aromatic carbocycles. The smallest absolute Gasteiger partial charge is 0.342 e. The first-order valence-electron chi connectivity index (χ1n) is 7.86. The number of aliphatic hydroxyl groups is 4. The molecule has 0 aliphatic carbocycles. The van der Waals surface area contributed by atoms with E-state index in [-0.39, 0.29) is 23.7 Å². The van der Waals surface area contributed by atoms with Crippen LogP contribution in [0.15, 0.2) is 18.2 Å². The van der Waals surface area contributed by atoms with Crippen LogP contribution in [0, 0.1) is 0 Å². The Bertz CT molecular complexity index is 589. The van der Waals surface area contributed by atoms with E-state index in [0.717, 1.165) is 0 Å². The Balaban J connectivity index is 2.15.